The van der Waals surface area contributed by atoms with Crippen LogP contribution < -0.4 is 19.8 Å². The second kappa shape index (κ2) is 8.20. The van der Waals surface area contributed by atoms with Crippen LogP contribution in [0.2, 0.25) is 0 Å². The van der Waals surface area contributed by atoms with Gasteiger partial charge in [-0.15, -0.1) is 0 Å². The number of rotatable bonds is 6. The van der Waals surface area contributed by atoms with Crippen molar-refractivity contribution in [3.8, 4) is 23.1 Å². The molecule has 0 spiro atoms. The lowest BCUT2D eigenvalue weighted by Gasteiger charge is -2.10. The highest BCUT2D eigenvalue weighted by molar-refractivity contribution is 5.43. The van der Waals surface area contributed by atoms with E-state index in [2.05, 4.69) is 9.97 Å². The average molecular weight is 407 g/mol. The maximum absolute atomic E-state index is 14.4. The largest absolute Gasteiger partial charge is 0.497 e. The molecular weight excluding hydrogens is 389 g/mol. The summed E-state index contributed by atoms with van der Waals surface area (Å²) in [7, 11) is 1.59. The van der Waals surface area contributed by atoms with Gasteiger partial charge in [-0.2, -0.15) is 0 Å². The molecule has 3 aromatic heterocycles. The number of fused-ring (bicyclic) bond motifs is 1. The SMILES string of the molecule is COc1ccc(COc2ncc(Oc3ccc4ncc(C)c(=O)n4c3)cc2F)cc1. The minimum atomic E-state index is -0.656. The topological polar surface area (TPSA) is 74.9 Å². The number of pyridine rings is 2. The molecule has 4 rings (SSSR count). The molecule has 0 amide bonds. The van der Waals surface area contributed by atoms with Crippen molar-refractivity contribution >= 4 is 5.65 Å². The highest BCUT2D eigenvalue weighted by atomic mass is 19.1. The van der Waals surface area contributed by atoms with Crippen LogP contribution in [0.5, 0.6) is 23.1 Å². The van der Waals surface area contributed by atoms with Gasteiger partial charge in [-0.1, -0.05) is 12.1 Å². The molecule has 0 aliphatic rings. The molecule has 0 saturated carbocycles. The first-order valence-corrected chi connectivity index (χ1v) is 9.10. The molecule has 4 aromatic rings. The summed E-state index contributed by atoms with van der Waals surface area (Å²) in [5.74, 6) is 0.470. The number of halogens is 1. The van der Waals surface area contributed by atoms with Gasteiger partial charge < -0.3 is 14.2 Å². The summed E-state index contributed by atoms with van der Waals surface area (Å²) in [6, 6.07) is 11.7. The van der Waals surface area contributed by atoms with E-state index in [1.165, 1.54) is 29.1 Å². The second-order valence-electron chi connectivity index (χ2n) is 6.54. The Balaban J connectivity index is 1.48. The molecule has 0 unspecified atom stereocenters. The maximum Gasteiger partial charge on any atom is 0.260 e. The standard InChI is InChI=1S/C22H18FN3O4/c1-14-10-24-20-8-7-17(12-26(20)22(14)27)30-18-9-19(23)21(25-11-18)29-13-15-3-5-16(28-2)6-4-15/h3-12H,13H2,1-2H3. The normalized spacial score (nSPS) is 10.8. The number of ether oxygens (including phenoxy) is 3. The Hall–Kier alpha value is -3.94. The number of hydrogen-bond donors (Lipinski definition) is 0. The highest BCUT2D eigenvalue weighted by Crippen LogP contribution is 2.25. The predicted molar refractivity (Wildman–Crippen MR) is 108 cm³/mol. The van der Waals surface area contributed by atoms with Crippen molar-refractivity contribution in [3.63, 3.8) is 0 Å². The van der Waals surface area contributed by atoms with Gasteiger partial charge in [0, 0.05) is 17.8 Å². The zero-order chi connectivity index (χ0) is 21.1. The molecule has 0 bridgehead atoms. The Kier molecular flexibility index (Phi) is 5.30. The Morgan fingerprint density at radius 1 is 1.00 bits per heavy atom. The van der Waals surface area contributed by atoms with Gasteiger partial charge in [-0.25, -0.2) is 14.4 Å². The first-order valence-electron chi connectivity index (χ1n) is 9.10. The van der Waals surface area contributed by atoms with E-state index in [1.807, 2.05) is 12.1 Å². The van der Waals surface area contributed by atoms with E-state index in [0.717, 1.165) is 11.3 Å². The zero-order valence-corrected chi connectivity index (χ0v) is 16.3. The second-order valence-corrected chi connectivity index (χ2v) is 6.54. The van der Waals surface area contributed by atoms with Crippen LogP contribution in [0.25, 0.3) is 5.65 Å². The van der Waals surface area contributed by atoms with Crippen LogP contribution in [0.3, 0.4) is 0 Å². The van der Waals surface area contributed by atoms with Crippen LogP contribution in [0.1, 0.15) is 11.1 Å². The molecule has 8 heteroatoms. The fourth-order valence-electron chi connectivity index (χ4n) is 2.79. The van der Waals surface area contributed by atoms with E-state index in [1.54, 1.807) is 38.3 Å². The molecule has 0 saturated heterocycles. The van der Waals surface area contributed by atoms with Crippen molar-refractivity contribution in [1.82, 2.24) is 14.4 Å². The Bertz CT molecular complexity index is 1260. The van der Waals surface area contributed by atoms with Gasteiger partial charge >= 0.3 is 0 Å². The van der Waals surface area contributed by atoms with Crippen LogP contribution in [-0.2, 0) is 6.61 Å². The number of nitrogens with zero attached hydrogens (tertiary/aromatic N) is 3. The fourth-order valence-corrected chi connectivity index (χ4v) is 2.79. The third kappa shape index (κ3) is 4.07. The smallest absolute Gasteiger partial charge is 0.260 e. The average Bonchev–Trinajstić information content (AvgIpc) is 2.76. The minimum Gasteiger partial charge on any atom is -0.497 e. The number of aryl methyl sites for hydroxylation is 1. The molecule has 0 aliphatic heterocycles. The Morgan fingerprint density at radius 3 is 2.50 bits per heavy atom. The lowest BCUT2D eigenvalue weighted by molar-refractivity contribution is 0.275. The van der Waals surface area contributed by atoms with Crippen molar-refractivity contribution in [2.45, 2.75) is 13.5 Å². The number of aromatic nitrogens is 3. The third-order valence-electron chi connectivity index (χ3n) is 4.40. The molecule has 0 fully saturated rings. The van der Waals surface area contributed by atoms with E-state index in [4.69, 9.17) is 14.2 Å². The fraction of sp³-hybridized carbons (Fsp3) is 0.136. The summed E-state index contributed by atoms with van der Waals surface area (Å²) in [6.45, 7) is 1.84. The molecule has 0 aliphatic carbocycles. The molecule has 30 heavy (non-hydrogen) atoms. The van der Waals surface area contributed by atoms with Gasteiger partial charge in [0.15, 0.2) is 5.82 Å². The zero-order valence-electron chi connectivity index (χ0n) is 16.3. The summed E-state index contributed by atoms with van der Waals surface area (Å²) in [4.78, 5) is 20.4. The summed E-state index contributed by atoms with van der Waals surface area (Å²) >= 11 is 0. The number of hydrogen-bond acceptors (Lipinski definition) is 6. The van der Waals surface area contributed by atoms with Gasteiger partial charge in [0.2, 0.25) is 0 Å². The summed E-state index contributed by atoms with van der Waals surface area (Å²) in [5, 5.41) is 0. The molecule has 0 N–H and O–H groups in total. The molecule has 1 aromatic carbocycles. The molecule has 0 atom stereocenters. The van der Waals surface area contributed by atoms with Crippen molar-refractivity contribution < 1.29 is 18.6 Å². The molecule has 152 valence electrons. The van der Waals surface area contributed by atoms with E-state index < -0.39 is 5.82 Å². The van der Waals surface area contributed by atoms with E-state index >= 15 is 0 Å². The number of benzene rings is 1. The van der Waals surface area contributed by atoms with Crippen LogP contribution in [0.4, 0.5) is 4.39 Å². The summed E-state index contributed by atoms with van der Waals surface area (Å²) < 4.78 is 32.0. The first-order chi connectivity index (χ1) is 14.5. The molecule has 3 heterocycles. The van der Waals surface area contributed by atoms with Crippen molar-refractivity contribution in [3.05, 3.63) is 88.4 Å². The highest BCUT2D eigenvalue weighted by Gasteiger charge is 2.10. The van der Waals surface area contributed by atoms with Gasteiger partial charge in [-0.05, 0) is 36.8 Å². The molecular formula is C22H18FN3O4. The molecule has 7 nitrogen and oxygen atoms in total. The summed E-state index contributed by atoms with van der Waals surface area (Å²) in [6.07, 6.45) is 4.37. The van der Waals surface area contributed by atoms with Crippen molar-refractivity contribution in [2.75, 3.05) is 7.11 Å². The quantitative estimate of drug-likeness (QED) is 0.482. The van der Waals surface area contributed by atoms with Gasteiger partial charge in [0.25, 0.3) is 11.4 Å². The predicted octanol–water partition coefficient (Wildman–Crippen LogP) is 3.92. The lowest BCUT2D eigenvalue weighted by atomic mass is 10.2. The van der Waals surface area contributed by atoms with Gasteiger partial charge in [-0.3, -0.25) is 9.20 Å². The van der Waals surface area contributed by atoms with Crippen LogP contribution in [0.15, 0.2) is 65.8 Å². The lowest BCUT2D eigenvalue weighted by Crippen LogP contribution is -2.16. The Labute approximate surface area is 171 Å². The van der Waals surface area contributed by atoms with Crippen LogP contribution in [-0.4, -0.2) is 21.5 Å². The van der Waals surface area contributed by atoms with Gasteiger partial charge in [0.05, 0.1) is 19.5 Å². The Morgan fingerprint density at radius 2 is 1.77 bits per heavy atom. The number of methoxy groups -OCH3 is 1. The summed E-state index contributed by atoms with van der Waals surface area (Å²) in [5.41, 5.74) is 1.65. The monoisotopic (exact) mass is 407 g/mol. The van der Waals surface area contributed by atoms with E-state index in [9.17, 15) is 9.18 Å². The minimum absolute atomic E-state index is 0.132. The van der Waals surface area contributed by atoms with Crippen LogP contribution in [0, 0.1) is 12.7 Å². The third-order valence-corrected chi connectivity index (χ3v) is 4.40. The van der Waals surface area contributed by atoms with Crippen molar-refractivity contribution in [1.29, 1.82) is 0 Å². The van der Waals surface area contributed by atoms with E-state index in [0.29, 0.717) is 17.0 Å². The van der Waals surface area contributed by atoms with E-state index in [-0.39, 0.29) is 23.8 Å². The van der Waals surface area contributed by atoms with Gasteiger partial charge in [0.1, 0.15) is 29.5 Å². The van der Waals surface area contributed by atoms with Crippen LogP contribution >= 0.6 is 0 Å². The van der Waals surface area contributed by atoms with Crippen molar-refractivity contribution in [2.24, 2.45) is 0 Å². The first kappa shape index (κ1) is 19.4. The maximum atomic E-state index is 14.4. The molecule has 0 radical (unpaired) electrons.